The van der Waals surface area contributed by atoms with E-state index in [9.17, 15) is 14.0 Å². The highest BCUT2D eigenvalue weighted by Crippen LogP contribution is 2.22. The van der Waals surface area contributed by atoms with Gasteiger partial charge in [0.25, 0.3) is 5.91 Å². The summed E-state index contributed by atoms with van der Waals surface area (Å²) in [5.74, 6) is -0.568. The second-order valence-corrected chi connectivity index (χ2v) is 5.44. The van der Waals surface area contributed by atoms with Crippen molar-refractivity contribution in [2.45, 2.75) is 12.8 Å². The molecule has 0 saturated carbocycles. The number of hydrogen-bond donors (Lipinski definition) is 0. The fourth-order valence-electron chi connectivity index (χ4n) is 2.78. The van der Waals surface area contributed by atoms with Gasteiger partial charge in [-0.25, -0.2) is 4.39 Å². The molecule has 1 aromatic carbocycles. The Hall–Kier alpha value is -2.43. The molecule has 0 spiro atoms. The molecule has 0 aliphatic carbocycles. The lowest BCUT2D eigenvalue weighted by Crippen LogP contribution is -2.42. The van der Waals surface area contributed by atoms with Crippen LogP contribution in [0.15, 0.2) is 47.1 Å². The van der Waals surface area contributed by atoms with Crippen molar-refractivity contribution in [1.29, 1.82) is 0 Å². The number of carbonyl (C=O) groups is 2. The molecule has 0 unspecified atom stereocenters. The number of carbonyl (C=O) groups excluding carboxylic acids is 2. The van der Waals surface area contributed by atoms with Gasteiger partial charge >= 0.3 is 0 Å². The van der Waals surface area contributed by atoms with Crippen LogP contribution in [0.4, 0.5) is 4.39 Å². The van der Waals surface area contributed by atoms with Crippen LogP contribution in [-0.2, 0) is 0 Å². The molecule has 114 valence electrons. The average Bonchev–Trinajstić information content (AvgIpc) is 3.09. The molecule has 0 N–H and O–H groups in total. The second kappa shape index (κ2) is 6.13. The van der Waals surface area contributed by atoms with Crippen LogP contribution in [0.3, 0.4) is 0 Å². The Bertz CT molecular complexity index is 664. The maximum atomic E-state index is 12.9. The first-order valence-electron chi connectivity index (χ1n) is 7.27. The van der Waals surface area contributed by atoms with E-state index in [-0.39, 0.29) is 29.2 Å². The number of hydrogen-bond acceptors (Lipinski definition) is 3. The summed E-state index contributed by atoms with van der Waals surface area (Å²) in [7, 11) is 0. The number of ketones is 1. The fourth-order valence-corrected chi connectivity index (χ4v) is 2.78. The van der Waals surface area contributed by atoms with Gasteiger partial charge in [-0.2, -0.15) is 0 Å². The lowest BCUT2D eigenvalue weighted by Gasteiger charge is -2.31. The number of nitrogens with zero attached hydrogens (tertiary/aromatic N) is 1. The van der Waals surface area contributed by atoms with Crippen LogP contribution in [0.1, 0.15) is 33.8 Å². The zero-order chi connectivity index (χ0) is 15.5. The van der Waals surface area contributed by atoms with Gasteiger partial charge in [0.05, 0.1) is 6.26 Å². The zero-order valence-corrected chi connectivity index (χ0v) is 12.0. The predicted molar refractivity (Wildman–Crippen MR) is 78.1 cm³/mol. The SMILES string of the molecule is O=C(c1ccc(F)cc1)[C@H]1CCCN(C(=O)c2ccco2)C1. The molecule has 1 aliphatic heterocycles. The summed E-state index contributed by atoms with van der Waals surface area (Å²) in [5, 5.41) is 0. The van der Waals surface area contributed by atoms with E-state index in [1.165, 1.54) is 30.5 Å². The molecule has 0 radical (unpaired) electrons. The highest BCUT2D eigenvalue weighted by Gasteiger charge is 2.30. The Labute approximate surface area is 127 Å². The lowest BCUT2D eigenvalue weighted by atomic mass is 9.90. The quantitative estimate of drug-likeness (QED) is 0.818. The maximum absolute atomic E-state index is 12.9. The van der Waals surface area contributed by atoms with Gasteiger partial charge in [0.15, 0.2) is 11.5 Å². The van der Waals surface area contributed by atoms with E-state index in [4.69, 9.17) is 4.42 Å². The smallest absolute Gasteiger partial charge is 0.289 e. The normalized spacial score (nSPS) is 18.2. The summed E-state index contributed by atoms with van der Waals surface area (Å²) in [6.45, 7) is 0.989. The van der Waals surface area contributed by atoms with Crippen LogP contribution in [0.2, 0.25) is 0 Å². The van der Waals surface area contributed by atoms with Gasteiger partial charge in [0, 0.05) is 24.6 Å². The first-order valence-corrected chi connectivity index (χ1v) is 7.27. The summed E-state index contributed by atoms with van der Waals surface area (Å²) in [4.78, 5) is 26.4. The number of halogens is 1. The number of amides is 1. The van der Waals surface area contributed by atoms with Crippen LogP contribution in [0, 0.1) is 11.7 Å². The van der Waals surface area contributed by atoms with Gasteiger partial charge in [-0.15, -0.1) is 0 Å². The Morgan fingerprint density at radius 2 is 1.95 bits per heavy atom. The van der Waals surface area contributed by atoms with Crippen LogP contribution in [0.5, 0.6) is 0 Å². The van der Waals surface area contributed by atoms with Crippen LogP contribution >= 0.6 is 0 Å². The van der Waals surface area contributed by atoms with Crippen LogP contribution in [-0.4, -0.2) is 29.7 Å². The Balaban J connectivity index is 1.71. The van der Waals surface area contributed by atoms with Gasteiger partial charge < -0.3 is 9.32 Å². The largest absolute Gasteiger partial charge is 0.459 e. The Morgan fingerprint density at radius 1 is 1.18 bits per heavy atom. The van der Waals surface area contributed by atoms with E-state index in [1.807, 2.05) is 0 Å². The van der Waals surface area contributed by atoms with Crippen LogP contribution < -0.4 is 0 Å². The zero-order valence-electron chi connectivity index (χ0n) is 12.0. The maximum Gasteiger partial charge on any atom is 0.289 e. The van der Waals surface area contributed by atoms with E-state index in [0.29, 0.717) is 18.7 Å². The Kier molecular flexibility index (Phi) is 4.04. The topological polar surface area (TPSA) is 50.5 Å². The van der Waals surface area contributed by atoms with E-state index in [1.54, 1.807) is 17.0 Å². The first kappa shape index (κ1) is 14.5. The molecule has 3 rings (SSSR count). The minimum atomic E-state index is -0.366. The molecule has 2 aromatic rings. The summed E-state index contributed by atoms with van der Waals surface area (Å²) < 4.78 is 18.1. The molecule has 1 aromatic heterocycles. The van der Waals surface area contributed by atoms with Crippen molar-refractivity contribution in [3.63, 3.8) is 0 Å². The van der Waals surface area contributed by atoms with Gasteiger partial charge in [-0.1, -0.05) is 0 Å². The van der Waals surface area contributed by atoms with E-state index >= 15 is 0 Å². The highest BCUT2D eigenvalue weighted by molar-refractivity contribution is 5.99. The molecule has 1 atom stereocenters. The van der Waals surface area contributed by atoms with E-state index in [0.717, 1.165) is 12.8 Å². The number of likely N-dealkylation sites (tertiary alicyclic amines) is 1. The lowest BCUT2D eigenvalue weighted by molar-refractivity contribution is 0.0610. The monoisotopic (exact) mass is 301 g/mol. The first-order chi connectivity index (χ1) is 10.6. The second-order valence-electron chi connectivity index (χ2n) is 5.44. The third-order valence-corrected chi connectivity index (χ3v) is 3.94. The van der Waals surface area contributed by atoms with Crippen molar-refractivity contribution in [3.8, 4) is 0 Å². The van der Waals surface area contributed by atoms with Gasteiger partial charge in [0.2, 0.25) is 0 Å². The van der Waals surface area contributed by atoms with Crippen molar-refractivity contribution < 1.29 is 18.4 Å². The summed E-state index contributed by atoms with van der Waals surface area (Å²) in [6.07, 6.45) is 2.96. The Morgan fingerprint density at radius 3 is 2.64 bits per heavy atom. The van der Waals surface area contributed by atoms with E-state index < -0.39 is 0 Å². The minimum absolute atomic E-state index is 0.0445. The molecule has 1 fully saturated rings. The molecular weight excluding hydrogens is 285 g/mol. The van der Waals surface area contributed by atoms with Gasteiger partial charge in [0.1, 0.15) is 5.82 Å². The standard InChI is InChI=1S/C17H16FNO3/c18-14-7-5-12(6-8-14)16(20)13-3-1-9-19(11-13)17(21)15-4-2-10-22-15/h2,4-8,10,13H,1,3,9,11H2/t13-/m0/s1. The number of rotatable bonds is 3. The molecule has 4 nitrogen and oxygen atoms in total. The molecule has 1 amide bonds. The van der Waals surface area contributed by atoms with Crippen molar-refractivity contribution >= 4 is 11.7 Å². The highest BCUT2D eigenvalue weighted by atomic mass is 19.1. The number of furan rings is 1. The predicted octanol–water partition coefficient (Wildman–Crippen LogP) is 3.15. The number of piperidine rings is 1. The summed E-state index contributed by atoms with van der Waals surface area (Å²) in [6, 6.07) is 8.83. The van der Waals surface area contributed by atoms with Crippen molar-refractivity contribution in [3.05, 3.63) is 59.8 Å². The molecule has 5 heteroatoms. The van der Waals surface area contributed by atoms with Gasteiger partial charge in [-0.3, -0.25) is 9.59 Å². The summed E-state index contributed by atoms with van der Waals surface area (Å²) >= 11 is 0. The van der Waals surface area contributed by atoms with Crippen molar-refractivity contribution in [1.82, 2.24) is 4.90 Å². The minimum Gasteiger partial charge on any atom is -0.459 e. The fraction of sp³-hybridized carbons (Fsp3) is 0.294. The molecular formula is C17H16FNO3. The average molecular weight is 301 g/mol. The van der Waals surface area contributed by atoms with E-state index in [2.05, 4.69) is 0 Å². The molecule has 1 saturated heterocycles. The molecule has 22 heavy (non-hydrogen) atoms. The van der Waals surface area contributed by atoms with Crippen LogP contribution in [0.25, 0.3) is 0 Å². The summed E-state index contributed by atoms with van der Waals surface area (Å²) in [5.41, 5.74) is 0.485. The third kappa shape index (κ3) is 2.93. The van der Waals surface area contributed by atoms with Crippen molar-refractivity contribution in [2.75, 3.05) is 13.1 Å². The number of Topliss-reactive ketones (excluding diaryl/α,β-unsaturated/α-hetero) is 1. The number of benzene rings is 1. The molecule has 0 bridgehead atoms. The molecule has 2 heterocycles. The van der Waals surface area contributed by atoms with Gasteiger partial charge in [-0.05, 0) is 49.2 Å². The van der Waals surface area contributed by atoms with Crippen molar-refractivity contribution in [2.24, 2.45) is 5.92 Å². The molecule has 1 aliphatic rings. The third-order valence-electron chi connectivity index (χ3n) is 3.94.